The molecule has 0 bridgehead atoms. The summed E-state index contributed by atoms with van der Waals surface area (Å²) in [7, 11) is 0. The summed E-state index contributed by atoms with van der Waals surface area (Å²) in [5, 5.41) is 2.16. The highest BCUT2D eigenvalue weighted by molar-refractivity contribution is 5.85. The van der Waals surface area contributed by atoms with Crippen LogP contribution in [0.15, 0.2) is 30.3 Å². The van der Waals surface area contributed by atoms with Gasteiger partial charge in [0.1, 0.15) is 5.78 Å². The molecule has 0 amide bonds. The number of Topliss-reactive ketones (excluding diaryl/α,β-unsaturated/α-hetero) is 1. The largest absolute Gasteiger partial charge is 0.402 e. The topological polar surface area (TPSA) is 29.1 Å². The lowest BCUT2D eigenvalue weighted by Gasteiger charge is -2.31. The first-order chi connectivity index (χ1) is 9.94. The van der Waals surface area contributed by atoms with E-state index in [1.807, 2.05) is 0 Å². The molecule has 0 aliphatic heterocycles. The molecular formula is C14H16ClF6NO. The van der Waals surface area contributed by atoms with Gasteiger partial charge in [-0.3, -0.25) is 4.79 Å². The van der Waals surface area contributed by atoms with E-state index in [2.05, 4.69) is 5.32 Å². The Bertz CT molecular complexity index is 488. The molecule has 0 aliphatic rings. The van der Waals surface area contributed by atoms with E-state index in [0.29, 0.717) is 12.5 Å². The highest BCUT2D eigenvalue weighted by Crippen LogP contribution is 2.42. The molecule has 0 aromatic heterocycles. The number of ketones is 1. The van der Waals surface area contributed by atoms with Crippen molar-refractivity contribution in [1.29, 1.82) is 0 Å². The molecule has 1 N–H and O–H groups in total. The summed E-state index contributed by atoms with van der Waals surface area (Å²) in [6.07, 6.45) is -11.1. The quantitative estimate of drug-likeness (QED) is 0.783. The maximum Gasteiger partial charge on any atom is 0.402 e. The normalized spacial score (nSPS) is 15.0. The molecule has 1 aromatic rings. The fourth-order valence-electron chi connectivity index (χ4n) is 2.12. The van der Waals surface area contributed by atoms with Crippen molar-refractivity contribution < 1.29 is 31.1 Å². The van der Waals surface area contributed by atoms with Gasteiger partial charge in [-0.2, -0.15) is 26.3 Å². The highest BCUT2D eigenvalue weighted by atomic mass is 35.5. The van der Waals surface area contributed by atoms with Gasteiger partial charge < -0.3 is 5.32 Å². The number of hydrogen-bond acceptors (Lipinski definition) is 2. The van der Waals surface area contributed by atoms with Crippen LogP contribution in [-0.4, -0.2) is 24.2 Å². The van der Waals surface area contributed by atoms with Gasteiger partial charge in [-0.1, -0.05) is 30.3 Å². The fourth-order valence-corrected chi connectivity index (χ4v) is 2.12. The van der Waals surface area contributed by atoms with Crippen molar-refractivity contribution in [2.24, 2.45) is 5.92 Å². The van der Waals surface area contributed by atoms with Gasteiger partial charge in [0.25, 0.3) is 0 Å². The molecule has 0 heterocycles. The number of carbonyl (C=O) groups is 1. The molecule has 1 rings (SSSR count). The zero-order valence-electron chi connectivity index (χ0n) is 12.2. The number of halogens is 7. The number of benzene rings is 1. The molecule has 0 saturated carbocycles. The lowest BCUT2D eigenvalue weighted by Crippen LogP contribution is -2.54. The van der Waals surface area contributed by atoms with Crippen LogP contribution in [0.2, 0.25) is 0 Å². The molecule has 9 heteroatoms. The predicted molar refractivity (Wildman–Crippen MR) is 75.3 cm³/mol. The van der Waals surface area contributed by atoms with Crippen LogP contribution in [-0.2, 0) is 4.79 Å². The summed E-state index contributed by atoms with van der Waals surface area (Å²) in [5.41, 5.74) is 0.483. The fraction of sp³-hybridized carbons (Fsp3) is 0.500. The van der Waals surface area contributed by atoms with Crippen molar-refractivity contribution in [1.82, 2.24) is 5.32 Å². The Morgan fingerprint density at radius 3 is 1.78 bits per heavy atom. The zero-order valence-corrected chi connectivity index (χ0v) is 13.0. The Morgan fingerprint density at radius 1 is 1.00 bits per heavy atom. The minimum Gasteiger partial charge on any atom is -0.300 e. The summed E-state index contributed by atoms with van der Waals surface area (Å²) in [6.45, 7) is 2.11. The molecule has 0 spiro atoms. The van der Waals surface area contributed by atoms with Crippen LogP contribution in [0.4, 0.5) is 26.3 Å². The first-order valence-electron chi connectivity index (χ1n) is 6.39. The van der Waals surface area contributed by atoms with Crippen molar-refractivity contribution in [3.8, 4) is 0 Å². The second-order valence-electron chi connectivity index (χ2n) is 4.95. The lowest BCUT2D eigenvalue weighted by molar-refractivity contribution is -0.289. The molecule has 2 nitrogen and oxygen atoms in total. The van der Waals surface area contributed by atoms with Gasteiger partial charge in [0.05, 0.1) is 6.04 Å². The summed E-state index contributed by atoms with van der Waals surface area (Å²) < 4.78 is 76.6. The summed E-state index contributed by atoms with van der Waals surface area (Å²) in [6, 6.07) is 4.71. The maximum absolute atomic E-state index is 12.8. The van der Waals surface area contributed by atoms with Crippen LogP contribution in [0.25, 0.3) is 0 Å². The smallest absolute Gasteiger partial charge is 0.300 e. The van der Waals surface area contributed by atoms with Crippen molar-refractivity contribution in [2.45, 2.75) is 38.3 Å². The van der Waals surface area contributed by atoms with Crippen LogP contribution in [0.5, 0.6) is 0 Å². The van der Waals surface area contributed by atoms with E-state index in [1.54, 1.807) is 30.3 Å². The van der Waals surface area contributed by atoms with E-state index in [-0.39, 0.29) is 12.4 Å². The Balaban J connectivity index is 0.00000484. The Hall–Kier alpha value is -1.28. The third-order valence-corrected chi connectivity index (χ3v) is 3.21. The number of carbonyl (C=O) groups excluding carboxylic acids is 1. The van der Waals surface area contributed by atoms with Gasteiger partial charge in [-0.25, -0.2) is 0 Å². The van der Waals surface area contributed by atoms with Gasteiger partial charge in [-0.05, 0) is 19.4 Å². The SMILES string of the molecule is CC(=O)[C@@H](N[C@H](C)c1ccccc1)C(C(F)(F)F)C(F)(F)F.Cl. The lowest BCUT2D eigenvalue weighted by atomic mass is 9.93. The van der Waals surface area contributed by atoms with E-state index in [4.69, 9.17) is 0 Å². The monoisotopic (exact) mass is 363 g/mol. The second kappa shape index (κ2) is 8.01. The molecule has 132 valence electrons. The third kappa shape index (κ3) is 6.02. The standard InChI is InChI=1S/C14H15F6NO.ClH/c1-8(10-6-4-3-5-7-10)21-11(9(2)22)12(13(15,16)17)14(18,19)20;/h3-8,11-12,21H,1-2H3;1H/t8-,11-;/m1./s1. The predicted octanol–water partition coefficient (Wildman–Crippen LogP) is 4.46. The summed E-state index contributed by atoms with van der Waals surface area (Å²) >= 11 is 0. The van der Waals surface area contributed by atoms with Crippen LogP contribution in [0, 0.1) is 5.92 Å². The van der Waals surface area contributed by atoms with Gasteiger partial charge in [0, 0.05) is 6.04 Å². The average Bonchev–Trinajstić information content (AvgIpc) is 2.35. The van der Waals surface area contributed by atoms with E-state index in [1.165, 1.54) is 6.92 Å². The second-order valence-corrected chi connectivity index (χ2v) is 4.95. The van der Waals surface area contributed by atoms with E-state index >= 15 is 0 Å². The average molecular weight is 364 g/mol. The van der Waals surface area contributed by atoms with Crippen molar-refractivity contribution in [3.63, 3.8) is 0 Å². The molecule has 0 saturated heterocycles. The van der Waals surface area contributed by atoms with Gasteiger partial charge in [0.2, 0.25) is 0 Å². The van der Waals surface area contributed by atoms with Crippen LogP contribution in [0.3, 0.4) is 0 Å². The van der Waals surface area contributed by atoms with E-state index < -0.39 is 36.1 Å². The van der Waals surface area contributed by atoms with Crippen LogP contribution < -0.4 is 5.32 Å². The summed E-state index contributed by atoms with van der Waals surface area (Å²) in [5.74, 6) is -4.97. The Morgan fingerprint density at radius 2 is 1.43 bits per heavy atom. The first kappa shape index (κ1) is 21.7. The van der Waals surface area contributed by atoms with Crippen molar-refractivity contribution in [3.05, 3.63) is 35.9 Å². The summed E-state index contributed by atoms with van der Waals surface area (Å²) in [4.78, 5) is 11.4. The molecule has 0 unspecified atom stereocenters. The zero-order chi connectivity index (χ0) is 17.1. The molecule has 0 aliphatic carbocycles. The van der Waals surface area contributed by atoms with Gasteiger partial charge in [0.15, 0.2) is 5.92 Å². The number of rotatable bonds is 5. The maximum atomic E-state index is 12.8. The Labute approximate surface area is 135 Å². The molecule has 23 heavy (non-hydrogen) atoms. The molecular weight excluding hydrogens is 348 g/mol. The minimum absolute atomic E-state index is 0. The van der Waals surface area contributed by atoms with Crippen LogP contribution >= 0.6 is 12.4 Å². The molecule has 0 fully saturated rings. The molecule has 1 aromatic carbocycles. The van der Waals surface area contributed by atoms with Crippen molar-refractivity contribution in [2.75, 3.05) is 0 Å². The molecule has 2 atom stereocenters. The van der Waals surface area contributed by atoms with Crippen LogP contribution in [0.1, 0.15) is 25.5 Å². The van der Waals surface area contributed by atoms with Crippen molar-refractivity contribution >= 4 is 18.2 Å². The highest BCUT2D eigenvalue weighted by Gasteiger charge is 2.61. The Kier molecular flexibility index (Phi) is 7.56. The third-order valence-electron chi connectivity index (χ3n) is 3.21. The van der Waals surface area contributed by atoms with Gasteiger partial charge in [-0.15, -0.1) is 12.4 Å². The van der Waals surface area contributed by atoms with E-state index in [9.17, 15) is 31.1 Å². The minimum atomic E-state index is -5.57. The number of alkyl halides is 6. The van der Waals surface area contributed by atoms with E-state index in [0.717, 1.165) is 0 Å². The first-order valence-corrected chi connectivity index (χ1v) is 6.39. The van der Waals surface area contributed by atoms with Gasteiger partial charge >= 0.3 is 12.4 Å². The number of nitrogens with one attached hydrogen (secondary N) is 1. The molecule has 0 radical (unpaired) electrons. The number of hydrogen-bond donors (Lipinski definition) is 1.